The van der Waals surface area contributed by atoms with Crippen LogP contribution in [0, 0.1) is 23.2 Å². The van der Waals surface area contributed by atoms with Crippen LogP contribution in [0.25, 0.3) is 0 Å². The maximum absolute atomic E-state index is 12.8. The summed E-state index contributed by atoms with van der Waals surface area (Å²) in [5.41, 5.74) is 0.862. The number of hydrogen-bond acceptors (Lipinski definition) is 4. The zero-order chi connectivity index (χ0) is 20.3. The van der Waals surface area contributed by atoms with Crippen LogP contribution in [0.15, 0.2) is 30.3 Å². The molecule has 5 rings (SSSR count). The highest BCUT2D eigenvalue weighted by atomic mass is 16.5. The Morgan fingerprint density at radius 1 is 0.931 bits per heavy atom. The van der Waals surface area contributed by atoms with Gasteiger partial charge in [0.05, 0.1) is 0 Å². The van der Waals surface area contributed by atoms with Crippen molar-refractivity contribution in [3.63, 3.8) is 0 Å². The van der Waals surface area contributed by atoms with E-state index in [0.717, 1.165) is 31.2 Å². The van der Waals surface area contributed by atoms with Crippen molar-refractivity contribution in [2.45, 2.75) is 44.9 Å². The first-order valence-electron chi connectivity index (χ1n) is 10.8. The summed E-state index contributed by atoms with van der Waals surface area (Å²) in [4.78, 5) is 36.6. The summed E-state index contributed by atoms with van der Waals surface area (Å²) in [5, 5.41) is 5.52. The monoisotopic (exact) mass is 398 g/mol. The van der Waals surface area contributed by atoms with E-state index in [1.165, 1.54) is 19.3 Å². The molecule has 29 heavy (non-hydrogen) atoms. The van der Waals surface area contributed by atoms with E-state index in [0.29, 0.717) is 24.3 Å². The summed E-state index contributed by atoms with van der Waals surface area (Å²) in [7, 11) is 0. The molecule has 2 amide bonds. The van der Waals surface area contributed by atoms with Crippen molar-refractivity contribution < 1.29 is 19.1 Å². The average molecular weight is 399 g/mol. The third-order valence-corrected chi connectivity index (χ3v) is 6.86. The normalized spacial score (nSPS) is 29.3. The van der Waals surface area contributed by atoms with Crippen molar-refractivity contribution in [1.29, 1.82) is 0 Å². The molecule has 0 spiro atoms. The number of rotatable bonds is 8. The molecule has 0 atom stereocenters. The number of ether oxygens (including phenoxy) is 1. The minimum absolute atomic E-state index is 0.000799. The van der Waals surface area contributed by atoms with Crippen molar-refractivity contribution in [3.05, 3.63) is 35.9 Å². The summed E-state index contributed by atoms with van der Waals surface area (Å²) >= 11 is 0. The van der Waals surface area contributed by atoms with E-state index < -0.39 is 5.97 Å². The zero-order valence-corrected chi connectivity index (χ0v) is 16.8. The molecule has 4 fully saturated rings. The second-order valence-electron chi connectivity index (χ2n) is 9.13. The zero-order valence-electron chi connectivity index (χ0n) is 16.8. The highest BCUT2D eigenvalue weighted by Gasteiger charge is 2.54. The third kappa shape index (κ3) is 4.80. The third-order valence-electron chi connectivity index (χ3n) is 6.86. The summed E-state index contributed by atoms with van der Waals surface area (Å²) in [6, 6.07) is 9.86. The van der Waals surface area contributed by atoms with Gasteiger partial charge in [-0.25, -0.2) is 0 Å². The van der Waals surface area contributed by atoms with Crippen molar-refractivity contribution in [3.8, 4) is 0 Å². The van der Waals surface area contributed by atoms with E-state index in [1.807, 2.05) is 30.3 Å². The van der Waals surface area contributed by atoms with E-state index in [-0.39, 0.29) is 30.4 Å². The van der Waals surface area contributed by atoms with Crippen LogP contribution >= 0.6 is 0 Å². The summed E-state index contributed by atoms with van der Waals surface area (Å²) in [6.07, 6.45) is 7.43. The fourth-order valence-electron chi connectivity index (χ4n) is 5.97. The van der Waals surface area contributed by atoms with Gasteiger partial charge in [0, 0.05) is 12.0 Å². The van der Waals surface area contributed by atoms with Crippen molar-refractivity contribution in [2.24, 2.45) is 23.2 Å². The van der Waals surface area contributed by atoms with Crippen LogP contribution in [-0.2, 0) is 25.5 Å². The molecular weight excluding hydrogens is 368 g/mol. The molecule has 156 valence electrons. The minimum Gasteiger partial charge on any atom is -0.454 e. The molecular formula is C23H30N2O4. The predicted octanol–water partition coefficient (Wildman–Crippen LogP) is 2.22. The molecule has 2 N–H and O–H groups in total. The summed E-state index contributed by atoms with van der Waals surface area (Å²) in [6.45, 7) is 0.00188. The molecule has 0 saturated heterocycles. The fourth-order valence-corrected chi connectivity index (χ4v) is 5.97. The van der Waals surface area contributed by atoms with E-state index in [2.05, 4.69) is 10.6 Å². The standard InChI is InChI=1S/C23H30N2O4/c26-20(24-7-6-16-4-2-1-3-5-16)15-29-21(27)14-25-22(28)23-11-17-8-18(12-23)10-19(9-17)13-23/h1-5,17-19H,6-15H2,(H,24,26)(H,25,28). The van der Waals surface area contributed by atoms with Gasteiger partial charge in [-0.3, -0.25) is 14.4 Å². The van der Waals surface area contributed by atoms with Crippen LogP contribution in [0.5, 0.6) is 0 Å². The maximum atomic E-state index is 12.8. The Labute approximate surface area is 171 Å². The van der Waals surface area contributed by atoms with Gasteiger partial charge in [-0.2, -0.15) is 0 Å². The molecule has 0 heterocycles. The van der Waals surface area contributed by atoms with Gasteiger partial charge in [0.1, 0.15) is 6.54 Å². The first kappa shape index (κ1) is 19.9. The first-order valence-corrected chi connectivity index (χ1v) is 10.8. The van der Waals surface area contributed by atoms with Crippen LogP contribution in [0.4, 0.5) is 0 Å². The molecule has 1 aromatic rings. The molecule has 0 aliphatic heterocycles. The van der Waals surface area contributed by atoms with Crippen LogP contribution in [0.3, 0.4) is 0 Å². The molecule has 4 saturated carbocycles. The molecule has 6 nitrogen and oxygen atoms in total. The number of nitrogens with one attached hydrogen (secondary N) is 2. The Kier molecular flexibility index (Phi) is 5.88. The van der Waals surface area contributed by atoms with Gasteiger partial charge < -0.3 is 15.4 Å². The lowest BCUT2D eigenvalue weighted by atomic mass is 9.49. The number of amides is 2. The highest BCUT2D eigenvalue weighted by molar-refractivity contribution is 5.87. The Balaban J connectivity index is 1.14. The first-order chi connectivity index (χ1) is 14.0. The lowest BCUT2D eigenvalue weighted by molar-refractivity contribution is -0.152. The smallest absolute Gasteiger partial charge is 0.325 e. The van der Waals surface area contributed by atoms with Gasteiger partial charge in [-0.05, 0) is 68.3 Å². The van der Waals surface area contributed by atoms with Gasteiger partial charge in [0.25, 0.3) is 5.91 Å². The van der Waals surface area contributed by atoms with Crippen LogP contribution < -0.4 is 10.6 Å². The molecule has 6 heteroatoms. The SMILES string of the molecule is O=C(COC(=O)CNC(=O)C12CC3CC(CC(C3)C1)C2)NCCc1ccccc1. The topological polar surface area (TPSA) is 84.5 Å². The molecule has 0 radical (unpaired) electrons. The van der Waals surface area contributed by atoms with E-state index in [1.54, 1.807) is 0 Å². The van der Waals surface area contributed by atoms with Crippen molar-refractivity contribution in [2.75, 3.05) is 19.7 Å². The minimum atomic E-state index is -0.568. The van der Waals surface area contributed by atoms with E-state index in [9.17, 15) is 14.4 Å². The van der Waals surface area contributed by atoms with Crippen molar-refractivity contribution >= 4 is 17.8 Å². The quantitative estimate of drug-likeness (QED) is 0.658. The Morgan fingerprint density at radius 2 is 1.55 bits per heavy atom. The number of benzene rings is 1. The fraction of sp³-hybridized carbons (Fsp3) is 0.609. The molecule has 1 aromatic carbocycles. The Bertz CT molecular complexity index is 726. The number of carbonyl (C=O) groups is 3. The Hall–Kier alpha value is -2.37. The van der Waals surface area contributed by atoms with Gasteiger partial charge in [0.2, 0.25) is 5.91 Å². The molecule has 4 bridgehead atoms. The van der Waals surface area contributed by atoms with Crippen LogP contribution in [0.2, 0.25) is 0 Å². The lowest BCUT2D eigenvalue weighted by Crippen LogP contribution is -2.54. The highest BCUT2D eigenvalue weighted by Crippen LogP contribution is 2.60. The van der Waals surface area contributed by atoms with E-state index in [4.69, 9.17) is 4.74 Å². The Morgan fingerprint density at radius 3 is 2.17 bits per heavy atom. The number of hydrogen-bond donors (Lipinski definition) is 2. The molecule has 0 unspecified atom stereocenters. The van der Waals surface area contributed by atoms with Gasteiger partial charge in [-0.15, -0.1) is 0 Å². The number of esters is 1. The lowest BCUT2D eigenvalue weighted by Gasteiger charge is -2.55. The predicted molar refractivity (Wildman–Crippen MR) is 108 cm³/mol. The second-order valence-corrected chi connectivity index (χ2v) is 9.13. The van der Waals surface area contributed by atoms with Crippen molar-refractivity contribution in [1.82, 2.24) is 10.6 Å². The number of carbonyl (C=O) groups excluding carboxylic acids is 3. The van der Waals surface area contributed by atoms with Gasteiger partial charge in [-0.1, -0.05) is 30.3 Å². The molecule has 4 aliphatic rings. The maximum Gasteiger partial charge on any atom is 0.325 e. The van der Waals surface area contributed by atoms with Crippen LogP contribution in [0.1, 0.15) is 44.1 Å². The van der Waals surface area contributed by atoms with E-state index >= 15 is 0 Å². The molecule has 4 aliphatic carbocycles. The van der Waals surface area contributed by atoms with Gasteiger partial charge >= 0.3 is 5.97 Å². The van der Waals surface area contributed by atoms with Crippen LogP contribution in [-0.4, -0.2) is 37.5 Å². The second kappa shape index (κ2) is 8.56. The average Bonchev–Trinajstić information content (AvgIpc) is 2.70. The van der Waals surface area contributed by atoms with Gasteiger partial charge in [0.15, 0.2) is 6.61 Å². The summed E-state index contributed by atoms with van der Waals surface area (Å²) in [5.74, 6) is 1.14. The largest absolute Gasteiger partial charge is 0.454 e. The molecule has 0 aromatic heterocycles. The summed E-state index contributed by atoms with van der Waals surface area (Å²) < 4.78 is 5.01.